The van der Waals surface area contributed by atoms with Crippen molar-refractivity contribution < 1.29 is 9.53 Å². The number of esters is 1. The third-order valence-corrected chi connectivity index (χ3v) is 1.61. The highest BCUT2D eigenvalue weighted by Crippen LogP contribution is 1.98. The van der Waals surface area contributed by atoms with Crippen molar-refractivity contribution in [1.82, 2.24) is 0 Å². The van der Waals surface area contributed by atoms with Crippen LogP contribution in [0.5, 0.6) is 0 Å². The summed E-state index contributed by atoms with van der Waals surface area (Å²) in [6.45, 7) is 4.25. The summed E-state index contributed by atoms with van der Waals surface area (Å²) < 4.78 is 4.91. The van der Waals surface area contributed by atoms with Gasteiger partial charge in [-0.05, 0) is 13.3 Å². The van der Waals surface area contributed by atoms with Crippen molar-refractivity contribution >= 4 is 12.2 Å². The molecule has 0 saturated heterocycles. The number of nitrogens with one attached hydrogen (secondary N) is 1. The summed E-state index contributed by atoms with van der Waals surface area (Å²) in [7, 11) is 0. The molecule has 70 valence electrons. The lowest BCUT2D eigenvalue weighted by Gasteiger charge is -2.05. The van der Waals surface area contributed by atoms with E-state index in [1.54, 1.807) is 6.92 Å². The first kappa shape index (κ1) is 11.1. The number of hydrogen-bond donors (Lipinski definition) is 1. The fourth-order valence-corrected chi connectivity index (χ4v) is 0.724. The Morgan fingerprint density at radius 2 is 2.25 bits per heavy atom. The van der Waals surface area contributed by atoms with E-state index in [2.05, 4.69) is 6.92 Å². The van der Waals surface area contributed by atoms with E-state index in [0.29, 0.717) is 6.61 Å². The van der Waals surface area contributed by atoms with Crippen LogP contribution in [0.2, 0.25) is 0 Å². The average Bonchev–Trinajstić information content (AvgIpc) is 2.10. The van der Waals surface area contributed by atoms with Crippen LogP contribution in [0.25, 0.3) is 0 Å². The molecule has 1 N–H and O–H groups in total. The zero-order valence-corrected chi connectivity index (χ0v) is 7.80. The fourth-order valence-electron chi connectivity index (χ4n) is 0.724. The minimum atomic E-state index is -0.397. The third-order valence-electron chi connectivity index (χ3n) is 1.61. The molecule has 3 nitrogen and oxygen atoms in total. The van der Waals surface area contributed by atoms with Crippen molar-refractivity contribution in [2.45, 2.75) is 33.1 Å². The van der Waals surface area contributed by atoms with Crippen molar-refractivity contribution in [3.63, 3.8) is 0 Å². The Balaban J connectivity index is 3.37. The van der Waals surface area contributed by atoms with Crippen LogP contribution < -0.4 is 0 Å². The van der Waals surface area contributed by atoms with Gasteiger partial charge in [-0.25, -0.2) is 0 Å². The van der Waals surface area contributed by atoms with Crippen LogP contribution in [0, 0.1) is 11.3 Å². The number of carbonyl (C=O) groups excluding carboxylic acids is 1. The lowest BCUT2D eigenvalue weighted by atomic mass is 10.2. The van der Waals surface area contributed by atoms with Crippen LogP contribution in [0.4, 0.5) is 0 Å². The van der Waals surface area contributed by atoms with Crippen LogP contribution in [-0.4, -0.2) is 18.8 Å². The maximum Gasteiger partial charge on any atom is 0.314 e. The maximum atomic E-state index is 11.0. The SMILES string of the molecule is CCCCCOC(=O)C(C)C=N. The molecule has 1 unspecified atom stereocenters. The number of ether oxygens (including phenoxy) is 1. The van der Waals surface area contributed by atoms with E-state index < -0.39 is 5.92 Å². The van der Waals surface area contributed by atoms with Gasteiger partial charge in [0.25, 0.3) is 0 Å². The smallest absolute Gasteiger partial charge is 0.314 e. The third kappa shape index (κ3) is 4.88. The monoisotopic (exact) mass is 171 g/mol. The van der Waals surface area contributed by atoms with Crippen LogP contribution in [0.1, 0.15) is 33.1 Å². The van der Waals surface area contributed by atoms with Crippen molar-refractivity contribution in [1.29, 1.82) is 5.41 Å². The van der Waals surface area contributed by atoms with Crippen LogP contribution in [0.15, 0.2) is 0 Å². The Bertz CT molecular complexity index is 145. The van der Waals surface area contributed by atoms with Crippen LogP contribution >= 0.6 is 0 Å². The molecule has 0 spiro atoms. The largest absolute Gasteiger partial charge is 0.465 e. The Morgan fingerprint density at radius 3 is 2.75 bits per heavy atom. The van der Waals surface area contributed by atoms with Gasteiger partial charge in [0.15, 0.2) is 0 Å². The second kappa shape index (κ2) is 6.83. The molecule has 0 aliphatic rings. The predicted octanol–water partition coefficient (Wildman–Crippen LogP) is 2.01. The number of rotatable bonds is 6. The minimum Gasteiger partial charge on any atom is -0.465 e. The summed E-state index contributed by atoms with van der Waals surface area (Å²) in [5.41, 5.74) is 0. The highest BCUT2D eigenvalue weighted by Gasteiger charge is 2.09. The molecule has 0 aromatic heterocycles. The summed E-state index contributed by atoms with van der Waals surface area (Å²) in [5.74, 6) is -0.687. The quantitative estimate of drug-likeness (QED) is 0.377. The molecule has 0 fully saturated rings. The van der Waals surface area contributed by atoms with Gasteiger partial charge in [-0.3, -0.25) is 4.79 Å². The van der Waals surface area contributed by atoms with Gasteiger partial charge in [-0.15, -0.1) is 0 Å². The number of hydrogen-bond acceptors (Lipinski definition) is 3. The Kier molecular flexibility index (Phi) is 6.34. The Labute approximate surface area is 73.6 Å². The highest BCUT2D eigenvalue weighted by molar-refractivity contribution is 5.88. The molecule has 0 aliphatic heterocycles. The molecule has 0 amide bonds. The van der Waals surface area contributed by atoms with E-state index in [1.807, 2.05) is 0 Å². The van der Waals surface area contributed by atoms with Crippen molar-refractivity contribution in [3.05, 3.63) is 0 Å². The predicted molar refractivity (Wildman–Crippen MR) is 48.4 cm³/mol. The number of unbranched alkanes of at least 4 members (excludes halogenated alkanes) is 2. The fraction of sp³-hybridized carbons (Fsp3) is 0.778. The minimum absolute atomic E-state index is 0.291. The molecule has 0 aromatic rings. The van der Waals surface area contributed by atoms with Gasteiger partial charge in [0.1, 0.15) is 0 Å². The first-order valence-electron chi connectivity index (χ1n) is 4.39. The van der Waals surface area contributed by atoms with Crippen molar-refractivity contribution in [2.24, 2.45) is 5.92 Å². The van der Waals surface area contributed by atoms with Crippen LogP contribution in [0.3, 0.4) is 0 Å². The molecular weight excluding hydrogens is 154 g/mol. The van der Waals surface area contributed by atoms with E-state index in [0.717, 1.165) is 25.5 Å². The van der Waals surface area contributed by atoms with Gasteiger partial charge in [0.05, 0.1) is 12.5 Å². The zero-order chi connectivity index (χ0) is 9.40. The molecule has 1 atom stereocenters. The Hall–Kier alpha value is -0.860. The summed E-state index contributed by atoms with van der Waals surface area (Å²) in [6.07, 6.45) is 4.24. The van der Waals surface area contributed by atoms with Gasteiger partial charge in [-0.2, -0.15) is 0 Å². The van der Waals surface area contributed by atoms with Crippen LogP contribution in [-0.2, 0) is 9.53 Å². The highest BCUT2D eigenvalue weighted by atomic mass is 16.5. The van der Waals surface area contributed by atoms with E-state index >= 15 is 0 Å². The average molecular weight is 171 g/mol. The standard InChI is InChI=1S/C9H17NO2/c1-3-4-5-6-12-9(11)8(2)7-10/h7-8,10H,3-6H2,1-2H3. The lowest BCUT2D eigenvalue weighted by molar-refractivity contribution is -0.145. The summed E-state index contributed by atoms with van der Waals surface area (Å²) >= 11 is 0. The molecule has 0 aliphatic carbocycles. The van der Waals surface area contributed by atoms with Crippen molar-refractivity contribution in [2.75, 3.05) is 6.61 Å². The van der Waals surface area contributed by atoms with Gasteiger partial charge >= 0.3 is 5.97 Å². The van der Waals surface area contributed by atoms with E-state index in [9.17, 15) is 4.79 Å². The van der Waals surface area contributed by atoms with Gasteiger partial charge < -0.3 is 10.1 Å². The molecule has 0 radical (unpaired) electrons. The normalized spacial score (nSPS) is 12.2. The second-order valence-corrected chi connectivity index (χ2v) is 2.83. The summed E-state index contributed by atoms with van der Waals surface area (Å²) in [6, 6.07) is 0. The van der Waals surface area contributed by atoms with E-state index in [-0.39, 0.29) is 5.97 Å². The molecule has 0 saturated carbocycles. The molecule has 0 aromatic carbocycles. The molecule has 0 bridgehead atoms. The second-order valence-electron chi connectivity index (χ2n) is 2.83. The zero-order valence-electron chi connectivity index (χ0n) is 7.80. The molecule has 0 heterocycles. The topological polar surface area (TPSA) is 50.2 Å². The molecular formula is C9H17NO2. The number of carbonyl (C=O) groups is 1. The van der Waals surface area contributed by atoms with Gasteiger partial charge in [-0.1, -0.05) is 19.8 Å². The summed E-state index contributed by atoms with van der Waals surface area (Å²) in [5, 5.41) is 6.83. The van der Waals surface area contributed by atoms with Gasteiger partial charge in [0.2, 0.25) is 0 Å². The maximum absolute atomic E-state index is 11.0. The first-order chi connectivity index (χ1) is 5.72. The van der Waals surface area contributed by atoms with Gasteiger partial charge in [0, 0.05) is 6.21 Å². The molecule has 12 heavy (non-hydrogen) atoms. The lowest BCUT2D eigenvalue weighted by Crippen LogP contribution is -2.16. The van der Waals surface area contributed by atoms with Crippen molar-refractivity contribution in [3.8, 4) is 0 Å². The van der Waals surface area contributed by atoms with E-state index in [4.69, 9.17) is 10.1 Å². The molecule has 3 heteroatoms. The Morgan fingerprint density at radius 1 is 1.58 bits per heavy atom. The van der Waals surface area contributed by atoms with E-state index in [1.165, 1.54) is 0 Å². The summed E-state index contributed by atoms with van der Waals surface area (Å²) in [4.78, 5) is 11.0. The first-order valence-corrected chi connectivity index (χ1v) is 4.39. The molecule has 0 rings (SSSR count).